The molecule has 2 aliphatic heterocycles. The summed E-state index contributed by atoms with van der Waals surface area (Å²) in [4.78, 5) is 9.22. The highest BCUT2D eigenvalue weighted by Gasteiger charge is 2.36. The second-order valence-corrected chi connectivity index (χ2v) is 4.43. The highest BCUT2D eigenvalue weighted by molar-refractivity contribution is 6.08. The van der Waals surface area contributed by atoms with E-state index in [-0.39, 0.29) is 33.5 Å². The van der Waals surface area contributed by atoms with Crippen LogP contribution in [0, 0.1) is 20.8 Å². The summed E-state index contributed by atoms with van der Waals surface area (Å²) >= 11 is 0. The number of nitrogens with one attached hydrogen (secondary N) is 4. The molecule has 0 fully saturated rings. The molecule has 10 heteroatoms. The third-order valence-electron chi connectivity index (χ3n) is 3.41. The van der Waals surface area contributed by atoms with Gasteiger partial charge in [-0.3, -0.25) is 0 Å². The quantitative estimate of drug-likeness (QED) is 0.373. The van der Waals surface area contributed by atoms with Crippen LogP contribution in [-0.4, -0.2) is 0 Å². The molecule has 4 atom stereocenters. The third kappa shape index (κ3) is 1.39. The molecule has 104 valence electrons. The second-order valence-electron chi connectivity index (χ2n) is 4.43. The average Bonchev–Trinajstić information content (AvgIpc) is 2.42. The Morgan fingerprint density at radius 2 is 0.800 bits per heavy atom. The van der Waals surface area contributed by atoms with E-state index in [1.807, 2.05) is 0 Å². The zero-order chi connectivity index (χ0) is 14.0. The summed E-state index contributed by atoms with van der Waals surface area (Å²) in [7, 11) is 0. The van der Waals surface area contributed by atoms with Gasteiger partial charge in [-0.2, -0.15) is 0 Å². The molecule has 0 aliphatic carbocycles. The number of benzene rings is 2. The largest absolute Gasteiger partial charge is 0.590 e. The molecule has 0 radical (unpaired) electrons. The first-order chi connectivity index (χ1) is 9.58. The third-order valence-corrected chi connectivity index (χ3v) is 3.41. The van der Waals surface area contributed by atoms with Gasteiger partial charge in [0.1, 0.15) is 10.8 Å². The first kappa shape index (κ1) is 12.1. The van der Waals surface area contributed by atoms with E-state index in [1.54, 1.807) is 0 Å². The Morgan fingerprint density at radius 3 is 1.05 bits per heavy atom. The zero-order valence-electron chi connectivity index (χ0n) is 9.76. The topological polar surface area (TPSA) is 128 Å². The standard InChI is InChI=1S/C10H8N4O6/c15-11-5-1-2-6-10-8(14(18)20-12(6)16)4-3-7(9(5)10)13(17)19-11/h1-4,11-14H. The summed E-state index contributed by atoms with van der Waals surface area (Å²) in [6, 6.07) is 5.54. The van der Waals surface area contributed by atoms with Crippen molar-refractivity contribution in [1.82, 2.24) is 0 Å². The molecular weight excluding hydrogens is 272 g/mol. The van der Waals surface area contributed by atoms with Gasteiger partial charge in [0.05, 0.1) is 0 Å². The summed E-state index contributed by atoms with van der Waals surface area (Å²) in [5.41, 5.74) is 0.621. The first-order valence-electron chi connectivity index (χ1n) is 5.70. The van der Waals surface area contributed by atoms with Gasteiger partial charge < -0.3 is 20.8 Å². The van der Waals surface area contributed by atoms with Crippen molar-refractivity contribution in [1.29, 1.82) is 0 Å². The van der Waals surface area contributed by atoms with Crippen LogP contribution >= 0.6 is 0 Å². The van der Waals surface area contributed by atoms with Crippen molar-refractivity contribution in [3.8, 4) is 0 Å². The number of hydrogen-bond acceptors (Lipinski definition) is 6. The minimum absolute atomic E-state index is 0.155. The molecule has 0 aromatic heterocycles. The van der Waals surface area contributed by atoms with Crippen LogP contribution in [0.5, 0.6) is 0 Å². The lowest BCUT2D eigenvalue weighted by Crippen LogP contribution is -3.23. The molecule has 2 heterocycles. The highest BCUT2D eigenvalue weighted by Crippen LogP contribution is 2.36. The van der Waals surface area contributed by atoms with E-state index in [4.69, 9.17) is 0 Å². The Labute approximate surface area is 110 Å². The van der Waals surface area contributed by atoms with Crippen molar-refractivity contribution in [3.63, 3.8) is 0 Å². The van der Waals surface area contributed by atoms with E-state index in [0.717, 1.165) is 0 Å². The van der Waals surface area contributed by atoms with E-state index in [9.17, 15) is 20.8 Å². The average molecular weight is 280 g/mol. The van der Waals surface area contributed by atoms with Gasteiger partial charge in [0, 0.05) is 34.1 Å². The van der Waals surface area contributed by atoms with Gasteiger partial charge in [-0.15, -0.1) is 20.9 Å². The molecule has 2 aromatic rings. The SMILES string of the molecule is [O-][NH+]1O[NH+]([O-])c2ccc3c4c(ccc1c24)[NH+]([O-])O[NH+]3[O-]. The molecule has 4 N–H and O–H groups in total. The Kier molecular flexibility index (Phi) is 2.36. The molecule has 0 amide bonds. The summed E-state index contributed by atoms with van der Waals surface area (Å²) in [5.74, 6) is 0. The van der Waals surface area contributed by atoms with Crippen LogP contribution in [0.15, 0.2) is 24.3 Å². The summed E-state index contributed by atoms with van der Waals surface area (Å²) in [6.07, 6.45) is 0. The van der Waals surface area contributed by atoms with E-state index >= 15 is 0 Å². The molecule has 20 heavy (non-hydrogen) atoms. The van der Waals surface area contributed by atoms with Crippen molar-refractivity contribution < 1.29 is 30.8 Å². The fourth-order valence-corrected chi connectivity index (χ4v) is 2.56. The monoisotopic (exact) mass is 280 g/mol. The van der Waals surface area contributed by atoms with Crippen LogP contribution in [-0.2, 0) is 9.88 Å². The van der Waals surface area contributed by atoms with Gasteiger partial charge in [0.15, 0.2) is 22.7 Å². The van der Waals surface area contributed by atoms with Crippen molar-refractivity contribution in [2.24, 2.45) is 0 Å². The van der Waals surface area contributed by atoms with Crippen LogP contribution in [0.4, 0.5) is 22.7 Å². The minimum Gasteiger partial charge on any atom is -0.590 e. The summed E-state index contributed by atoms with van der Waals surface area (Å²) in [5, 5.41) is 44.3. The van der Waals surface area contributed by atoms with E-state index in [2.05, 4.69) is 9.88 Å². The maximum Gasteiger partial charge on any atom is 0.183 e. The van der Waals surface area contributed by atoms with Gasteiger partial charge >= 0.3 is 0 Å². The predicted octanol–water partition coefficient (Wildman–Crippen LogP) is -3.38. The molecule has 0 saturated heterocycles. The Bertz CT molecular complexity index is 609. The van der Waals surface area contributed by atoms with Gasteiger partial charge in [-0.05, 0) is 0 Å². The molecular formula is C10H8N4O6. The molecule has 0 saturated carbocycles. The molecule has 0 spiro atoms. The molecule has 0 bridgehead atoms. The van der Waals surface area contributed by atoms with Gasteiger partial charge in [-0.1, -0.05) is 0 Å². The fourth-order valence-electron chi connectivity index (χ4n) is 2.56. The molecule has 4 unspecified atom stereocenters. The van der Waals surface area contributed by atoms with Gasteiger partial charge in [-0.25, -0.2) is 0 Å². The summed E-state index contributed by atoms with van der Waals surface area (Å²) in [6.45, 7) is 0. The lowest BCUT2D eigenvalue weighted by atomic mass is 10.0. The van der Waals surface area contributed by atoms with Gasteiger partial charge in [0.2, 0.25) is 0 Å². The lowest BCUT2D eigenvalue weighted by molar-refractivity contribution is -1.27. The highest BCUT2D eigenvalue weighted by atomic mass is 17.1. The van der Waals surface area contributed by atoms with Crippen LogP contribution in [0.25, 0.3) is 10.8 Å². The Morgan fingerprint density at radius 1 is 0.550 bits per heavy atom. The zero-order valence-corrected chi connectivity index (χ0v) is 9.76. The molecule has 2 aromatic carbocycles. The molecule has 2 aliphatic rings. The van der Waals surface area contributed by atoms with Crippen LogP contribution in [0.3, 0.4) is 0 Å². The van der Waals surface area contributed by atoms with Gasteiger partial charge in [0.25, 0.3) is 0 Å². The van der Waals surface area contributed by atoms with E-state index in [0.29, 0.717) is 0 Å². The van der Waals surface area contributed by atoms with Crippen molar-refractivity contribution in [3.05, 3.63) is 45.1 Å². The summed E-state index contributed by atoms with van der Waals surface area (Å²) < 4.78 is 0. The second kappa shape index (κ2) is 3.91. The van der Waals surface area contributed by atoms with Crippen LogP contribution in [0.1, 0.15) is 0 Å². The Hall–Kier alpha value is -1.70. The van der Waals surface area contributed by atoms with E-state index in [1.165, 1.54) is 24.3 Å². The lowest BCUT2D eigenvalue weighted by Gasteiger charge is -2.34. The Balaban J connectivity index is 2.17. The van der Waals surface area contributed by atoms with Crippen LogP contribution < -0.4 is 20.9 Å². The maximum atomic E-state index is 11.7. The van der Waals surface area contributed by atoms with Crippen LogP contribution in [0.2, 0.25) is 0 Å². The minimum atomic E-state index is -0.794. The number of rotatable bonds is 0. The fraction of sp³-hybridized carbons (Fsp3) is 0. The van der Waals surface area contributed by atoms with Crippen molar-refractivity contribution in [2.75, 3.05) is 0 Å². The molecule has 10 nitrogen and oxygen atoms in total. The number of hydrogen-bond donors (Lipinski definition) is 4. The van der Waals surface area contributed by atoms with Crippen molar-refractivity contribution in [2.45, 2.75) is 0 Å². The predicted molar refractivity (Wildman–Crippen MR) is 62.1 cm³/mol. The normalized spacial score (nSPS) is 31.6. The number of quaternary nitrogens is 4. The van der Waals surface area contributed by atoms with E-state index < -0.39 is 20.9 Å². The van der Waals surface area contributed by atoms with Crippen molar-refractivity contribution >= 4 is 33.5 Å². The maximum absolute atomic E-state index is 11.7. The smallest absolute Gasteiger partial charge is 0.183 e. The first-order valence-corrected chi connectivity index (χ1v) is 5.70. The molecule has 4 rings (SSSR count).